The lowest BCUT2D eigenvalue weighted by atomic mass is 10.0. The highest BCUT2D eigenvalue weighted by Gasteiger charge is 2.16. The predicted octanol–water partition coefficient (Wildman–Crippen LogP) is 4.83. The van der Waals surface area contributed by atoms with Crippen molar-refractivity contribution >= 4 is 38.4 Å². The number of aromatic nitrogens is 2. The van der Waals surface area contributed by atoms with Gasteiger partial charge < -0.3 is 5.11 Å². The van der Waals surface area contributed by atoms with Crippen LogP contribution >= 0.6 is 11.3 Å². The van der Waals surface area contributed by atoms with Gasteiger partial charge >= 0.3 is 5.97 Å². The zero-order valence-corrected chi connectivity index (χ0v) is 14.0. The van der Waals surface area contributed by atoms with E-state index in [1.54, 1.807) is 6.07 Å². The quantitative estimate of drug-likeness (QED) is 0.570. The Hall–Kier alpha value is -2.79. The summed E-state index contributed by atoms with van der Waals surface area (Å²) >= 11 is 1.52. The molecule has 4 aromatic rings. The lowest BCUT2D eigenvalue weighted by Crippen LogP contribution is -2.01. The van der Waals surface area contributed by atoms with Crippen LogP contribution in [0.1, 0.15) is 21.5 Å². The number of benzene rings is 2. The van der Waals surface area contributed by atoms with E-state index in [-0.39, 0.29) is 5.56 Å². The summed E-state index contributed by atoms with van der Waals surface area (Å²) in [4.78, 5) is 21.1. The lowest BCUT2D eigenvalue weighted by molar-refractivity contribution is 0.0699. The van der Waals surface area contributed by atoms with E-state index in [1.807, 2.05) is 50.2 Å². The molecule has 0 amide bonds. The Morgan fingerprint density at radius 1 is 1.08 bits per heavy atom. The average molecular weight is 334 g/mol. The molecule has 0 spiro atoms. The number of hydrogen-bond acceptors (Lipinski definition) is 4. The number of thiazole rings is 1. The normalized spacial score (nSPS) is 11.2. The van der Waals surface area contributed by atoms with Crippen LogP contribution in [0.5, 0.6) is 0 Å². The molecular weight excluding hydrogens is 320 g/mol. The Bertz CT molecular complexity index is 1080. The molecule has 0 aliphatic rings. The van der Waals surface area contributed by atoms with Crippen molar-refractivity contribution in [2.75, 3.05) is 0 Å². The number of pyridine rings is 1. The molecule has 0 unspecified atom stereocenters. The number of carboxylic acids is 1. The van der Waals surface area contributed by atoms with E-state index < -0.39 is 5.97 Å². The van der Waals surface area contributed by atoms with Crippen molar-refractivity contribution < 1.29 is 9.90 Å². The molecule has 0 saturated carbocycles. The highest BCUT2D eigenvalue weighted by Crippen LogP contribution is 2.32. The number of nitrogens with zero attached hydrogens (tertiary/aromatic N) is 2. The van der Waals surface area contributed by atoms with Crippen LogP contribution in [0.25, 0.3) is 31.8 Å². The number of aromatic carboxylic acids is 1. The van der Waals surface area contributed by atoms with E-state index in [0.717, 1.165) is 31.9 Å². The van der Waals surface area contributed by atoms with Gasteiger partial charge in [-0.05, 0) is 43.7 Å². The van der Waals surface area contributed by atoms with Crippen molar-refractivity contribution in [1.82, 2.24) is 9.97 Å². The fraction of sp³-hybridized carbons (Fsp3) is 0.105. The van der Waals surface area contributed by atoms with Crippen LogP contribution < -0.4 is 0 Å². The minimum absolute atomic E-state index is 0.265. The third-order valence-electron chi connectivity index (χ3n) is 3.99. The van der Waals surface area contributed by atoms with E-state index in [9.17, 15) is 9.90 Å². The molecule has 2 aromatic carbocycles. The van der Waals surface area contributed by atoms with Gasteiger partial charge in [0.2, 0.25) is 0 Å². The van der Waals surface area contributed by atoms with Gasteiger partial charge in [0.15, 0.2) is 0 Å². The first-order valence-electron chi connectivity index (χ1n) is 7.54. The van der Waals surface area contributed by atoms with Gasteiger partial charge in [-0.3, -0.25) is 0 Å². The second-order valence-electron chi connectivity index (χ2n) is 5.82. The van der Waals surface area contributed by atoms with Crippen molar-refractivity contribution in [2.24, 2.45) is 0 Å². The molecule has 0 aliphatic carbocycles. The Labute approximate surface area is 142 Å². The summed E-state index contributed by atoms with van der Waals surface area (Å²) in [5.41, 5.74) is 4.48. The zero-order valence-electron chi connectivity index (χ0n) is 13.2. The predicted molar refractivity (Wildman–Crippen MR) is 96.8 cm³/mol. The van der Waals surface area contributed by atoms with Crippen molar-refractivity contribution in [3.8, 4) is 10.7 Å². The van der Waals surface area contributed by atoms with Gasteiger partial charge in [0.1, 0.15) is 10.7 Å². The van der Waals surface area contributed by atoms with E-state index in [0.29, 0.717) is 11.1 Å². The summed E-state index contributed by atoms with van der Waals surface area (Å²) in [6.45, 7) is 3.91. The first-order valence-corrected chi connectivity index (χ1v) is 8.36. The third kappa shape index (κ3) is 2.34. The van der Waals surface area contributed by atoms with E-state index in [2.05, 4.69) is 4.98 Å². The number of aryl methyl sites for hydroxylation is 2. The molecule has 4 nitrogen and oxygen atoms in total. The van der Waals surface area contributed by atoms with Crippen molar-refractivity contribution in [3.63, 3.8) is 0 Å². The molecule has 2 heterocycles. The largest absolute Gasteiger partial charge is 0.478 e. The SMILES string of the molecule is Cc1cc(C)c2nc(-c3nc4ccccc4s3)cc(C(=O)O)c2c1. The van der Waals surface area contributed by atoms with Crippen LogP contribution in [-0.2, 0) is 0 Å². The highest BCUT2D eigenvalue weighted by molar-refractivity contribution is 7.21. The fourth-order valence-corrected chi connectivity index (χ4v) is 3.88. The average Bonchev–Trinajstić information content (AvgIpc) is 2.98. The Balaban J connectivity index is 2.04. The molecule has 0 aliphatic heterocycles. The molecule has 2 aromatic heterocycles. The van der Waals surface area contributed by atoms with Gasteiger partial charge in [0.25, 0.3) is 0 Å². The molecule has 0 radical (unpaired) electrons. The van der Waals surface area contributed by atoms with Gasteiger partial charge in [0, 0.05) is 5.39 Å². The monoisotopic (exact) mass is 334 g/mol. The number of hydrogen-bond donors (Lipinski definition) is 1. The number of para-hydroxylation sites is 1. The third-order valence-corrected chi connectivity index (χ3v) is 5.05. The second kappa shape index (κ2) is 5.39. The Kier molecular flexibility index (Phi) is 3.32. The standard InChI is InChI=1S/C19H14N2O2S/c1-10-7-11(2)17-12(8-10)13(19(22)23)9-15(20-17)18-21-14-5-3-4-6-16(14)24-18/h3-9H,1-2H3,(H,22,23). The van der Waals surface area contributed by atoms with Gasteiger partial charge in [-0.1, -0.05) is 23.8 Å². The van der Waals surface area contributed by atoms with Crippen molar-refractivity contribution in [2.45, 2.75) is 13.8 Å². The van der Waals surface area contributed by atoms with Crippen LogP contribution in [0.2, 0.25) is 0 Å². The Morgan fingerprint density at radius 3 is 2.62 bits per heavy atom. The van der Waals surface area contributed by atoms with Crippen LogP contribution in [0.4, 0.5) is 0 Å². The molecule has 1 N–H and O–H groups in total. The number of carbonyl (C=O) groups is 1. The summed E-state index contributed by atoms with van der Waals surface area (Å²) < 4.78 is 1.06. The highest BCUT2D eigenvalue weighted by atomic mass is 32.1. The molecule has 0 atom stereocenters. The molecule has 0 saturated heterocycles. The molecule has 4 rings (SSSR count). The maximum Gasteiger partial charge on any atom is 0.336 e. The summed E-state index contributed by atoms with van der Waals surface area (Å²) in [5, 5.41) is 11.0. The molecule has 118 valence electrons. The fourth-order valence-electron chi connectivity index (χ4n) is 2.95. The second-order valence-corrected chi connectivity index (χ2v) is 6.86. The molecule has 0 fully saturated rings. The maximum atomic E-state index is 11.7. The maximum absolute atomic E-state index is 11.7. The first-order chi connectivity index (χ1) is 11.5. The van der Waals surface area contributed by atoms with Gasteiger partial charge in [-0.2, -0.15) is 0 Å². The van der Waals surface area contributed by atoms with Crippen LogP contribution in [-0.4, -0.2) is 21.0 Å². The summed E-state index contributed by atoms with van der Waals surface area (Å²) in [7, 11) is 0. The molecule has 24 heavy (non-hydrogen) atoms. The van der Waals surface area contributed by atoms with Crippen molar-refractivity contribution in [1.29, 1.82) is 0 Å². The summed E-state index contributed by atoms with van der Waals surface area (Å²) in [6.07, 6.45) is 0. The molecular formula is C19H14N2O2S. The molecule has 5 heteroatoms. The number of fused-ring (bicyclic) bond motifs is 2. The minimum Gasteiger partial charge on any atom is -0.478 e. The number of rotatable bonds is 2. The smallest absolute Gasteiger partial charge is 0.336 e. The van der Waals surface area contributed by atoms with E-state index in [4.69, 9.17) is 4.98 Å². The summed E-state index contributed by atoms with van der Waals surface area (Å²) in [5.74, 6) is -0.949. The first kappa shape index (κ1) is 14.8. The van der Waals surface area contributed by atoms with Gasteiger partial charge in [-0.15, -0.1) is 11.3 Å². The van der Waals surface area contributed by atoms with Crippen LogP contribution in [0, 0.1) is 13.8 Å². The van der Waals surface area contributed by atoms with Crippen molar-refractivity contribution in [3.05, 3.63) is 59.2 Å². The van der Waals surface area contributed by atoms with E-state index in [1.165, 1.54) is 11.3 Å². The zero-order chi connectivity index (χ0) is 16.8. The lowest BCUT2D eigenvalue weighted by Gasteiger charge is -2.09. The topological polar surface area (TPSA) is 63.1 Å². The summed E-state index contributed by atoms with van der Waals surface area (Å²) in [6, 6.07) is 13.4. The Morgan fingerprint density at radius 2 is 1.88 bits per heavy atom. The van der Waals surface area contributed by atoms with Crippen LogP contribution in [0.15, 0.2) is 42.5 Å². The van der Waals surface area contributed by atoms with Gasteiger partial charge in [-0.25, -0.2) is 14.8 Å². The van der Waals surface area contributed by atoms with Gasteiger partial charge in [0.05, 0.1) is 21.3 Å². The van der Waals surface area contributed by atoms with E-state index >= 15 is 0 Å². The minimum atomic E-state index is -0.949. The van der Waals surface area contributed by atoms with Crippen LogP contribution in [0.3, 0.4) is 0 Å². The molecule has 0 bridgehead atoms. The number of carboxylic acid groups (broad SMARTS) is 1.